The number of rotatable bonds is 4. The minimum Gasteiger partial charge on any atom is -0.503 e. The lowest BCUT2D eigenvalue weighted by Crippen LogP contribution is -2.31. The van der Waals surface area contributed by atoms with Crippen molar-refractivity contribution in [1.82, 2.24) is 4.98 Å². The van der Waals surface area contributed by atoms with E-state index in [1.807, 2.05) is 0 Å². The van der Waals surface area contributed by atoms with Crippen molar-refractivity contribution in [2.75, 3.05) is 4.90 Å². The molecule has 0 fully saturated rings. The highest BCUT2D eigenvalue weighted by Gasteiger charge is 2.46. The Morgan fingerprint density at radius 1 is 1.10 bits per heavy atom. The van der Waals surface area contributed by atoms with E-state index in [1.54, 1.807) is 50.2 Å². The van der Waals surface area contributed by atoms with Gasteiger partial charge in [0.15, 0.2) is 5.76 Å². The first-order valence-corrected chi connectivity index (χ1v) is 9.76. The number of aromatic nitrogens is 1. The zero-order valence-corrected chi connectivity index (χ0v) is 16.5. The number of para-hydroxylation sites is 1. The molecule has 1 amide bonds. The number of carbonyl (C=O) groups excluding carboxylic acids is 2. The Kier molecular flexibility index (Phi) is 4.76. The highest BCUT2D eigenvalue weighted by atomic mass is 32.1. The highest BCUT2D eigenvalue weighted by molar-refractivity contribution is 7.14. The third-order valence-corrected chi connectivity index (χ3v) is 5.87. The lowest BCUT2D eigenvalue weighted by molar-refractivity contribution is -0.117. The fraction of sp³-hybridized carbons (Fsp3) is 0.136. The number of aryl methyl sites for hydroxylation is 2. The van der Waals surface area contributed by atoms with E-state index >= 15 is 0 Å². The summed E-state index contributed by atoms with van der Waals surface area (Å²) in [7, 11) is 0. The molecule has 1 atom stereocenters. The van der Waals surface area contributed by atoms with Gasteiger partial charge in [0.05, 0.1) is 27.2 Å². The van der Waals surface area contributed by atoms with Gasteiger partial charge in [-0.25, -0.2) is 9.37 Å². The highest BCUT2D eigenvalue weighted by Crippen LogP contribution is 2.43. The molecule has 1 aliphatic heterocycles. The van der Waals surface area contributed by atoms with Crippen LogP contribution in [-0.2, 0) is 4.79 Å². The quantitative estimate of drug-likeness (QED) is 0.636. The number of benzene rings is 2. The first-order chi connectivity index (χ1) is 13.9. The number of amides is 1. The molecule has 3 aromatic rings. The summed E-state index contributed by atoms with van der Waals surface area (Å²) in [6.07, 6.45) is 0. The van der Waals surface area contributed by atoms with E-state index in [1.165, 1.54) is 34.4 Å². The van der Waals surface area contributed by atoms with Crippen molar-refractivity contribution in [3.63, 3.8) is 0 Å². The number of anilines is 1. The summed E-state index contributed by atoms with van der Waals surface area (Å²) in [5.41, 5.74) is 0.958. The molecule has 1 aromatic heterocycles. The molecule has 0 saturated heterocycles. The molecule has 4 rings (SSSR count). The summed E-state index contributed by atoms with van der Waals surface area (Å²) in [6, 6.07) is 13.5. The monoisotopic (exact) mass is 408 g/mol. The summed E-state index contributed by atoms with van der Waals surface area (Å²) < 4.78 is 14.7. The van der Waals surface area contributed by atoms with E-state index in [2.05, 4.69) is 4.98 Å². The Morgan fingerprint density at radius 3 is 2.38 bits per heavy atom. The summed E-state index contributed by atoms with van der Waals surface area (Å²) in [5, 5.41) is 11.4. The number of carbonyl (C=O) groups is 2. The number of nitrogens with zero attached hydrogens (tertiary/aromatic N) is 2. The molecule has 29 heavy (non-hydrogen) atoms. The lowest BCUT2D eigenvalue weighted by Gasteiger charge is -2.27. The smallest absolute Gasteiger partial charge is 0.294 e. The molecule has 1 unspecified atom stereocenters. The fourth-order valence-corrected chi connectivity index (χ4v) is 4.42. The predicted octanol–water partition coefficient (Wildman–Crippen LogP) is 4.68. The zero-order valence-electron chi connectivity index (χ0n) is 15.7. The second kappa shape index (κ2) is 7.25. The first-order valence-electron chi connectivity index (χ1n) is 8.95. The van der Waals surface area contributed by atoms with Crippen LogP contribution in [-0.4, -0.2) is 21.8 Å². The van der Waals surface area contributed by atoms with Crippen LogP contribution in [0.15, 0.2) is 65.9 Å². The van der Waals surface area contributed by atoms with E-state index in [9.17, 15) is 19.1 Å². The molecule has 7 heteroatoms. The molecule has 1 N–H and O–H groups in total. The third kappa shape index (κ3) is 3.13. The maximum absolute atomic E-state index is 14.7. The van der Waals surface area contributed by atoms with E-state index in [-0.39, 0.29) is 11.1 Å². The van der Waals surface area contributed by atoms with Crippen molar-refractivity contribution in [3.8, 4) is 0 Å². The molecule has 0 bridgehead atoms. The SMILES string of the molecule is Cc1nc(C)c(C(=O)C2=C(O)C(=O)N(c3ccccc3)C2c2ccccc2F)s1. The van der Waals surface area contributed by atoms with Gasteiger partial charge in [-0.1, -0.05) is 36.4 Å². The van der Waals surface area contributed by atoms with E-state index in [4.69, 9.17) is 0 Å². The molecule has 146 valence electrons. The predicted molar refractivity (Wildman–Crippen MR) is 109 cm³/mol. The lowest BCUT2D eigenvalue weighted by atomic mass is 9.94. The topological polar surface area (TPSA) is 70.5 Å². The van der Waals surface area contributed by atoms with Crippen molar-refractivity contribution in [2.45, 2.75) is 19.9 Å². The summed E-state index contributed by atoms with van der Waals surface area (Å²) in [4.78, 5) is 32.2. The molecule has 0 aliphatic carbocycles. The molecule has 2 aromatic carbocycles. The molecule has 0 radical (unpaired) electrons. The minimum atomic E-state index is -1.08. The second-order valence-electron chi connectivity index (χ2n) is 6.67. The van der Waals surface area contributed by atoms with Gasteiger partial charge < -0.3 is 5.11 Å². The standard InChI is InChI=1S/C22H17FN2O3S/c1-12-21(29-13(2)24-12)19(26)17-18(15-10-6-7-11-16(15)23)25(22(28)20(17)27)14-8-4-3-5-9-14/h3-11,18,27H,1-2H3. The van der Waals surface area contributed by atoms with Crippen LogP contribution < -0.4 is 4.90 Å². The average molecular weight is 408 g/mol. The molecule has 5 nitrogen and oxygen atoms in total. The van der Waals surface area contributed by atoms with Crippen LogP contribution in [0.2, 0.25) is 0 Å². The first kappa shape index (κ1) is 19.0. The van der Waals surface area contributed by atoms with Crippen LogP contribution in [0.4, 0.5) is 10.1 Å². The molecule has 1 aliphatic rings. The molecule has 0 saturated carbocycles. The van der Waals surface area contributed by atoms with Gasteiger partial charge in [0, 0.05) is 11.3 Å². The second-order valence-corrected chi connectivity index (χ2v) is 7.88. The number of ketones is 1. The Bertz CT molecular complexity index is 1150. The number of thiazole rings is 1. The average Bonchev–Trinajstić information content (AvgIpc) is 3.18. The van der Waals surface area contributed by atoms with Gasteiger partial charge >= 0.3 is 0 Å². The van der Waals surface area contributed by atoms with Crippen molar-refractivity contribution in [2.24, 2.45) is 0 Å². The Morgan fingerprint density at radius 2 is 1.76 bits per heavy atom. The summed E-state index contributed by atoms with van der Waals surface area (Å²) >= 11 is 1.18. The van der Waals surface area contributed by atoms with Crippen LogP contribution in [0.3, 0.4) is 0 Å². The summed E-state index contributed by atoms with van der Waals surface area (Å²) in [5.74, 6) is -2.50. The van der Waals surface area contributed by atoms with E-state index < -0.39 is 29.3 Å². The fourth-order valence-electron chi connectivity index (χ4n) is 3.55. The van der Waals surface area contributed by atoms with Gasteiger partial charge in [0.25, 0.3) is 5.91 Å². The minimum absolute atomic E-state index is 0.135. The van der Waals surface area contributed by atoms with Gasteiger partial charge in [0.1, 0.15) is 5.82 Å². The van der Waals surface area contributed by atoms with Crippen LogP contribution in [0, 0.1) is 19.7 Å². The van der Waals surface area contributed by atoms with Crippen molar-refractivity contribution in [1.29, 1.82) is 0 Å². The number of aliphatic hydroxyl groups is 1. The molecule has 0 spiro atoms. The van der Waals surface area contributed by atoms with Crippen LogP contribution >= 0.6 is 11.3 Å². The number of hydrogen-bond acceptors (Lipinski definition) is 5. The maximum Gasteiger partial charge on any atom is 0.294 e. The normalized spacial score (nSPS) is 16.6. The maximum atomic E-state index is 14.7. The third-order valence-electron chi connectivity index (χ3n) is 4.80. The van der Waals surface area contributed by atoms with Gasteiger partial charge in [-0.3, -0.25) is 14.5 Å². The number of aliphatic hydroxyl groups excluding tert-OH is 1. The largest absolute Gasteiger partial charge is 0.503 e. The number of Topliss-reactive ketones (excluding diaryl/α,β-unsaturated/α-hetero) is 1. The Hall–Kier alpha value is -3.32. The van der Waals surface area contributed by atoms with E-state index in [0.717, 1.165) is 0 Å². The van der Waals surface area contributed by atoms with Crippen molar-refractivity contribution < 1.29 is 19.1 Å². The van der Waals surface area contributed by atoms with Gasteiger partial charge in [0.2, 0.25) is 5.78 Å². The van der Waals surface area contributed by atoms with Gasteiger partial charge in [-0.15, -0.1) is 11.3 Å². The Balaban J connectivity index is 1.92. The molecule has 2 heterocycles. The van der Waals surface area contributed by atoms with Crippen LogP contribution in [0.5, 0.6) is 0 Å². The van der Waals surface area contributed by atoms with Crippen molar-refractivity contribution >= 4 is 28.7 Å². The molecular weight excluding hydrogens is 391 g/mol. The van der Waals surface area contributed by atoms with Gasteiger partial charge in [-0.2, -0.15) is 0 Å². The Labute approximate surface area is 170 Å². The zero-order chi connectivity index (χ0) is 20.7. The van der Waals surface area contributed by atoms with Gasteiger partial charge in [-0.05, 0) is 32.0 Å². The van der Waals surface area contributed by atoms with Crippen LogP contribution in [0.25, 0.3) is 0 Å². The van der Waals surface area contributed by atoms with Crippen LogP contribution in [0.1, 0.15) is 32.0 Å². The van der Waals surface area contributed by atoms with Crippen molar-refractivity contribution in [3.05, 3.63) is 92.9 Å². The number of hydrogen-bond donors (Lipinski definition) is 1. The summed E-state index contributed by atoms with van der Waals surface area (Å²) in [6.45, 7) is 3.46. The molecular formula is C22H17FN2O3S. The number of halogens is 1. The van der Waals surface area contributed by atoms with E-state index in [0.29, 0.717) is 21.3 Å².